The van der Waals surface area contributed by atoms with Crippen molar-refractivity contribution in [3.05, 3.63) is 48.7 Å². The highest BCUT2D eigenvalue weighted by Gasteiger charge is 2.23. The third-order valence-electron chi connectivity index (χ3n) is 7.09. The molecule has 206 valence electrons. The van der Waals surface area contributed by atoms with Crippen molar-refractivity contribution in [1.82, 2.24) is 35.0 Å². The van der Waals surface area contributed by atoms with Gasteiger partial charge in [-0.1, -0.05) is 26.8 Å². The molecule has 0 atom stereocenters. The van der Waals surface area contributed by atoms with Gasteiger partial charge in [-0.15, -0.1) is 0 Å². The quantitative estimate of drug-likeness (QED) is 0.292. The minimum absolute atomic E-state index is 0.115. The average Bonchev–Trinajstić information content (AvgIpc) is 3.53. The number of amides is 1. The second-order valence-electron chi connectivity index (χ2n) is 11.6. The van der Waals surface area contributed by atoms with Crippen LogP contribution in [0.5, 0.6) is 0 Å². The molecule has 5 heterocycles. The number of rotatable bonds is 5. The molecule has 4 aromatic heterocycles. The van der Waals surface area contributed by atoms with Gasteiger partial charge in [-0.25, -0.2) is 9.37 Å². The Balaban J connectivity index is 1.36. The van der Waals surface area contributed by atoms with E-state index in [9.17, 15) is 4.79 Å². The number of H-pyrrole nitrogens is 2. The van der Waals surface area contributed by atoms with Crippen molar-refractivity contribution in [3.8, 4) is 22.8 Å². The number of aromatic amines is 2. The molecule has 40 heavy (non-hydrogen) atoms. The number of pyridine rings is 2. The maximum Gasteiger partial charge on any atom is 0.224 e. The predicted octanol–water partition coefficient (Wildman–Crippen LogP) is 4.83. The standard InChI is InChI=1S/C29H32FN9O/c1-29(2,3)13-22(40)33-18-12-17(14-31-15-18)25-24(30)23-20(16-32-25)36-37-27(23)28-34-19-6-5-7-21(26(19)35-28)39-10-8-38(4)9-11-39/h5-7,12,14-16H,8-11,13H2,1-4H3,(H,33,40)(H,34,35)(H,36,37). The zero-order valence-corrected chi connectivity index (χ0v) is 23.0. The molecule has 0 saturated carbocycles. The van der Waals surface area contributed by atoms with Gasteiger partial charge in [0.1, 0.15) is 16.9 Å². The van der Waals surface area contributed by atoms with E-state index in [0.29, 0.717) is 34.7 Å². The number of nitrogens with one attached hydrogen (secondary N) is 3. The normalized spacial score (nSPS) is 14.8. The Bertz CT molecular complexity index is 1710. The number of hydrogen-bond acceptors (Lipinski definition) is 7. The van der Waals surface area contributed by atoms with Gasteiger partial charge in [0.2, 0.25) is 5.91 Å². The molecule has 1 amide bonds. The summed E-state index contributed by atoms with van der Waals surface area (Å²) in [5.74, 6) is -0.200. The molecule has 1 aromatic carbocycles. The molecule has 10 nitrogen and oxygen atoms in total. The van der Waals surface area contributed by atoms with Gasteiger partial charge in [0.15, 0.2) is 11.6 Å². The van der Waals surface area contributed by atoms with E-state index in [2.05, 4.69) is 53.4 Å². The van der Waals surface area contributed by atoms with E-state index in [4.69, 9.17) is 4.98 Å². The van der Waals surface area contributed by atoms with Gasteiger partial charge >= 0.3 is 0 Å². The summed E-state index contributed by atoms with van der Waals surface area (Å²) in [4.78, 5) is 33.9. The number of fused-ring (bicyclic) bond motifs is 2. The molecule has 6 rings (SSSR count). The first kappa shape index (κ1) is 25.9. The number of benzene rings is 1. The van der Waals surface area contributed by atoms with Gasteiger partial charge in [0.25, 0.3) is 0 Å². The fraction of sp³-hybridized carbons (Fsp3) is 0.345. The highest BCUT2D eigenvalue weighted by atomic mass is 19.1. The number of piperazine rings is 1. The topological polar surface area (TPSA) is 119 Å². The lowest BCUT2D eigenvalue weighted by atomic mass is 9.92. The largest absolute Gasteiger partial charge is 0.367 e. The number of likely N-dealkylation sites (N-methyl/N-ethyl adjacent to an activating group) is 1. The molecule has 0 bridgehead atoms. The highest BCUT2D eigenvalue weighted by molar-refractivity contribution is 5.97. The van der Waals surface area contributed by atoms with Crippen LogP contribution in [0.15, 0.2) is 42.9 Å². The molecule has 1 saturated heterocycles. The van der Waals surface area contributed by atoms with Crippen LogP contribution < -0.4 is 10.2 Å². The fourth-order valence-corrected chi connectivity index (χ4v) is 5.10. The molecule has 0 spiro atoms. The number of aromatic nitrogens is 6. The van der Waals surface area contributed by atoms with Gasteiger partial charge in [-0.05, 0) is 30.7 Å². The fourth-order valence-electron chi connectivity index (χ4n) is 5.10. The van der Waals surface area contributed by atoms with Gasteiger partial charge in [-0.3, -0.25) is 19.9 Å². The summed E-state index contributed by atoms with van der Waals surface area (Å²) in [6.45, 7) is 9.77. The highest BCUT2D eigenvalue weighted by Crippen LogP contribution is 2.34. The molecule has 3 N–H and O–H groups in total. The van der Waals surface area contributed by atoms with E-state index >= 15 is 4.39 Å². The molecule has 0 unspecified atom stereocenters. The third-order valence-corrected chi connectivity index (χ3v) is 7.09. The Labute approximate surface area is 231 Å². The van der Waals surface area contributed by atoms with Gasteiger partial charge in [0, 0.05) is 44.4 Å². The lowest BCUT2D eigenvalue weighted by molar-refractivity contribution is -0.117. The van der Waals surface area contributed by atoms with E-state index in [1.54, 1.807) is 12.3 Å². The van der Waals surface area contributed by atoms with Crippen molar-refractivity contribution in [2.45, 2.75) is 27.2 Å². The maximum absolute atomic E-state index is 16.1. The molecule has 0 aliphatic carbocycles. The second-order valence-corrected chi connectivity index (χ2v) is 11.6. The zero-order valence-electron chi connectivity index (χ0n) is 23.0. The monoisotopic (exact) mass is 541 g/mol. The average molecular weight is 542 g/mol. The number of carbonyl (C=O) groups is 1. The van der Waals surface area contributed by atoms with Crippen molar-refractivity contribution < 1.29 is 9.18 Å². The lowest BCUT2D eigenvalue weighted by Crippen LogP contribution is -2.44. The van der Waals surface area contributed by atoms with Crippen LogP contribution in [0.3, 0.4) is 0 Å². The minimum atomic E-state index is -0.541. The van der Waals surface area contributed by atoms with Crippen molar-refractivity contribution in [2.24, 2.45) is 5.41 Å². The Morgan fingerprint density at radius 2 is 1.88 bits per heavy atom. The summed E-state index contributed by atoms with van der Waals surface area (Å²) >= 11 is 0. The Hall–Kier alpha value is -4.38. The minimum Gasteiger partial charge on any atom is -0.367 e. The molecule has 5 aromatic rings. The molecule has 1 fully saturated rings. The zero-order chi connectivity index (χ0) is 28.0. The Morgan fingerprint density at radius 3 is 2.65 bits per heavy atom. The molecular weight excluding hydrogens is 509 g/mol. The molecular formula is C29H32FN9O. The molecule has 1 aliphatic heterocycles. The summed E-state index contributed by atoms with van der Waals surface area (Å²) in [5, 5.41) is 10.4. The lowest BCUT2D eigenvalue weighted by Gasteiger charge is -2.34. The van der Waals surface area contributed by atoms with E-state index in [0.717, 1.165) is 42.9 Å². The number of anilines is 2. The van der Waals surface area contributed by atoms with Gasteiger partial charge in [0.05, 0.1) is 40.2 Å². The van der Waals surface area contributed by atoms with Gasteiger partial charge < -0.3 is 20.1 Å². The van der Waals surface area contributed by atoms with Crippen LogP contribution in [0.25, 0.3) is 44.7 Å². The number of imidazole rings is 1. The summed E-state index contributed by atoms with van der Waals surface area (Å²) in [7, 11) is 2.13. The molecule has 11 heteroatoms. The number of carbonyl (C=O) groups excluding carboxylic acids is 1. The van der Waals surface area contributed by atoms with Crippen LogP contribution >= 0.6 is 0 Å². The first-order chi connectivity index (χ1) is 19.2. The van der Waals surface area contributed by atoms with Crippen molar-refractivity contribution >= 4 is 39.2 Å². The molecule has 0 radical (unpaired) electrons. The first-order valence-electron chi connectivity index (χ1n) is 13.4. The van der Waals surface area contributed by atoms with E-state index in [1.165, 1.54) is 12.4 Å². The van der Waals surface area contributed by atoms with Crippen molar-refractivity contribution in [3.63, 3.8) is 0 Å². The summed E-state index contributed by atoms with van der Waals surface area (Å²) < 4.78 is 16.1. The van der Waals surface area contributed by atoms with E-state index < -0.39 is 5.82 Å². The predicted molar refractivity (Wildman–Crippen MR) is 155 cm³/mol. The van der Waals surface area contributed by atoms with E-state index in [-0.39, 0.29) is 22.4 Å². The number of halogens is 1. The van der Waals surface area contributed by atoms with Crippen LogP contribution in [0.1, 0.15) is 27.2 Å². The maximum atomic E-state index is 16.1. The smallest absolute Gasteiger partial charge is 0.224 e. The summed E-state index contributed by atoms with van der Waals surface area (Å²) in [5.41, 5.74) is 4.45. The van der Waals surface area contributed by atoms with Crippen molar-refractivity contribution in [1.29, 1.82) is 0 Å². The summed E-state index contributed by atoms with van der Waals surface area (Å²) in [6.07, 6.45) is 4.96. The number of nitrogens with zero attached hydrogens (tertiary/aromatic N) is 6. The number of para-hydroxylation sites is 1. The third kappa shape index (κ3) is 5.00. The van der Waals surface area contributed by atoms with Crippen molar-refractivity contribution in [2.75, 3.05) is 43.4 Å². The van der Waals surface area contributed by atoms with E-state index in [1.807, 2.05) is 32.9 Å². The van der Waals surface area contributed by atoms with Crippen LogP contribution in [-0.2, 0) is 4.79 Å². The van der Waals surface area contributed by atoms with Crippen LogP contribution in [0, 0.1) is 11.2 Å². The second kappa shape index (κ2) is 9.98. The van der Waals surface area contributed by atoms with Crippen LogP contribution in [-0.4, -0.2) is 74.2 Å². The first-order valence-corrected chi connectivity index (χ1v) is 13.4. The SMILES string of the molecule is CN1CCN(c2cccc3[nH]c(-c4n[nH]c5cnc(-c6cncc(NC(=O)CC(C)(C)C)c6)c(F)c45)nc23)CC1. The Morgan fingerprint density at radius 1 is 1.07 bits per heavy atom. The van der Waals surface area contributed by atoms with Crippen LogP contribution in [0.4, 0.5) is 15.8 Å². The van der Waals surface area contributed by atoms with Gasteiger partial charge in [-0.2, -0.15) is 5.10 Å². The Kier molecular flexibility index (Phi) is 6.46. The summed E-state index contributed by atoms with van der Waals surface area (Å²) in [6, 6.07) is 7.72. The van der Waals surface area contributed by atoms with Crippen LogP contribution in [0.2, 0.25) is 0 Å². The molecule has 1 aliphatic rings. The number of hydrogen-bond donors (Lipinski definition) is 3.